The molecule has 2 aromatic heterocycles. The lowest BCUT2D eigenvalue weighted by Gasteiger charge is -2.08. The lowest BCUT2D eigenvalue weighted by atomic mass is 10.2. The molecule has 0 saturated heterocycles. The van der Waals surface area contributed by atoms with Gasteiger partial charge in [-0.1, -0.05) is 18.2 Å². The molecule has 0 atom stereocenters. The number of nitrogens with zero attached hydrogens (tertiary/aromatic N) is 3. The molecule has 2 N–H and O–H groups in total. The number of pyridine rings is 1. The Bertz CT molecular complexity index is 769. The van der Waals surface area contributed by atoms with E-state index in [1.165, 1.54) is 0 Å². The van der Waals surface area contributed by atoms with Gasteiger partial charge >= 0.3 is 0 Å². The minimum absolute atomic E-state index is 0.519. The number of anilines is 1. The molecule has 3 aromatic rings. The predicted molar refractivity (Wildman–Crippen MR) is 81.7 cm³/mol. The van der Waals surface area contributed by atoms with Crippen molar-refractivity contribution in [3.8, 4) is 5.75 Å². The Morgan fingerprint density at radius 2 is 2.15 bits per heavy atom. The summed E-state index contributed by atoms with van der Waals surface area (Å²) in [4.78, 5) is 4.63. The van der Waals surface area contributed by atoms with Gasteiger partial charge in [-0.15, -0.1) is 0 Å². The molecule has 2 heterocycles. The van der Waals surface area contributed by atoms with Crippen LogP contribution in [-0.2, 0) is 6.54 Å². The smallest absolute Gasteiger partial charge is 0.145 e. The maximum Gasteiger partial charge on any atom is 0.145 e. The first kappa shape index (κ1) is 12.9. The number of nitrogen functional groups attached to an aromatic ring is 1. The number of ether oxygens (including phenoxy) is 1. The minimum Gasteiger partial charge on any atom is -0.494 e. The SMILES string of the molecule is COc1cccc2ccc(Cn3ncc(Br)c3N)nc12. The van der Waals surface area contributed by atoms with E-state index in [0.717, 1.165) is 26.8 Å². The molecule has 0 spiro atoms. The fraction of sp³-hybridized carbons (Fsp3) is 0.143. The van der Waals surface area contributed by atoms with Gasteiger partial charge < -0.3 is 10.5 Å². The third kappa shape index (κ3) is 2.22. The molecule has 0 fully saturated rings. The molecule has 0 radical (unpaired) electrons. The number of benzene rings is 1. The lowest BCUT2D eigenvalue weighted by Crippen LogP contribution is -2.07. The fourth-order valence-electron chi connectivity index (χ4n) is 2.06. The summed E-state index contributed by atoms with van der Waals surface area (Å²) in [5, 5.41) is 5.25. The zero-order chi connectivity index (χ0) is 14.1. The van der Waals surface area contributed by atoms with E-state index >= 15 is 0 Å². The molecule has 5 nitrogen and oxygen atoms in total. The molecule has 20 heavy (non-hydrogen) atoms. The van der Waals surface area contributed by atoms with Gasteiger partial charge in [0.1, 0.15) is 17.1 Å². The molecule has 102 valence electrons. The van der Waals surface area contributed by atoms with Crippen LogP contribution in [0.2, 0.25) is 0 Å². The monoisotopic (exact) mass is 332 g/mol. The van der Waals surface area contributed by atoms with Gasteiger partial charge in [0.05, 0.1) is 30.0 Å². The van der Waals surface area contributed by atoms with E-state index in [4.69, 9.17) is 10.5 Å². The van der Waals surface area contributed by atoms with Crippen LogP contribution in [0.25, 0.3) is 10.9 Å². The Morgan fingerprint density at radius 1 is 1.30 bits per heavy atom. The van der Waals surface area contributed by atoms with Crippen LogP contribution in [-0.4, -0.2) is 21.9 Å². The van der Waals surface area contributed by atoms with Crippen molar-refractivity contribution < 1.29 is 4.74 Å². The van der Waals surface area contributed by atoms with Crippen LogP contribution in [0.4, 0.5) is 5.82 Å². The highest BCUT2D eigenvalue weighted by Crippen LogP contribution is 2.24. The van der Waals surface area contributed by atoms with Crippen molar-refractivity contribution >= 4 is 32.7 Å². The Labute approximate surface area is 124 Å². The lowest BCUT2D eigenvalue weighted by molar-refractivity contribution is 0.418. The standard InChI is InChI=1S/C14H13BrN4O/c1-20-12-4-2-3-9-5-6-10(18-13(9)12)8-19-14(16)11(15)7-17-19/h2-7H,8,16H2,1H3. The summed E-state index contributed by atoms with van der Waals surface area (Å²) < 4.78 is 7.83. The second-order valence-corrected chi connectivity index (χ2v) is 5.22. The van der Waals surface area contributed by atoms with E-state index in [1.807, 2.05) is 30.3 Å². The molecule has 0 amide bonds. The number of fused-ring (bicyclic) bond motifs is 1. The van der Waals surface area contributed by atoms with Crippen LogP contribution in [0, 0.1) is 0 Å². The van der Waals surface area contributed by atoms with E-state index in [1.54, 1.807) is 18.0 Å². The number of aromatic nitrogens is 3. The summed E-state index contributed by atoms with van der Waals surface area (Å²) in [6, 6.07) is 9.85. The Morgan fingerprint density at radius 3 is 2.85 bits per heavy atom. The third-order valence-corrected chi connectivity index (χ3v) is 3.72. The maximum atomic E-state index is 5.92. The van der Waals surface area contributed by atoms with Gasteiger partial charge in [-0.2, -0.15) is 5.10 Å². The molecule has 0 aliphatic heterocycles. The molecular weight excluding hydrogens is 320 g/mol. The first-order valence-electron chi connectivity index (χ1n) is 6.08. The van der Waals surface area contributed by atoms with Gasteiger partial charge in [-0.3, -0.25) is 0 Å². The highest BCUT2D eigenvalue weighted by molar-refractivity contribution is 9.10. The van der Waals surface area contributed by atoms with Crippen molar-refractivity contribution in [3.05, 3.63) is 46.7 Å². The molecule has 0 aliphatic rings. The average molecular weight is 333 g/mol. The summed E-state index contributed by atoms with van der Waals surface area (Å²) in [5.74, 6) is 1.35. The van der Waals surface area contributed by atoms with Crippen molar-refractivity contribution in [2.75, 3.05) is 12.8 Å². The van der Waals surface area contributed by atoms with E-state index in [9.17, 15) is 0 Å². The van der Waals surface area contributed by atoms with E-state index in [-0.39, 0.29) is 0 Å². The number of para-hydroxylation sites is 1. The number of nitrogens with two attached hydrogens (primary N) is 1. The number of hydrogen-bond donors (Lipinski definition) is 1. The highest BCUT2D eigenvalue weighted by Gasteiger charge is 2.08. The molecule has 0 bridgehead atoms. The Kier molecular flexibility index (Phi) is 3.31. The van der Waals surface area contributed by atoms with Crippen LogP contribution in [0.15, 0.2) is 41.0 Å². The van der Waals surface area contributed by atoms with Gasteiger partial charge in [-0.25, -0.2) is 9.67 Å². The number of methoxy groups -OCH3 is 1. The molecule has 0 aliphatic carbocycles. The maximum absolute atomic E-state index is 5.92. The van der Waals surface area contributed by atoms with Gasteiger partial charge in [0, 0.05) is 5.39 Å². The van der Waals surface area contributed by atoms with E-state index in [2.05, 4.69) is 26.0 Å². The number of rotatable bonds is 3. The first-order valence-corrected chi connectivity index (χ1v) is 6.88. The summed E-state index contributed by atoms with van der Waals surface area (Å²) >= 11 is 3.34. The van der Waals surface area contributed by atoms with Crippen molar-refractivity contribution in [1.29, 1.82) is 0 Å². The highest BCUT2D eigenvalue weighted by atomic mass is 79.9. The Balaban J connectivity index is 2.02. The molecule has 1 aromatic carbocycles. The number of hydrogen-bond acceptors (Lipinski definition) is 4. The van der Waals surface area contributed by atoms with Gasteiger partial charge in [0.2, 0.25) is 0 Å². The summed E-state index contributed by atoms with van der Waals surface area (Å²) in [6.45, 7) is 0.519. The molecule has 3 rings (SSSR count). The zero-order valence-electron chi connectivity index (χ0n) is 10.9. The van der Waals surface area contributed by atoms with Crippen LogP contribution in [0.1, 0.15) is 5.69 Å². The van der Waals surface area contributed by atoms with Gasteiger partial charge in [0.15, 0.2) is 0 Å². The van der Waals surface area contributed by atoms with Crippen LogP contribution < -0.4 is 10.5 Å². The van der Waals surface area contributed by atoms with Crippen molar-refractivity contribution in [3.63, 3.8) is 0 Å². The fourth-order valence-corrected chi connectivity index (χ4v) is 2.36. The topological polar surface area (TPSA) is 66.0 Å². The first-order chi connectivity index (χ1) is 9.69. The number of halogens is 1. The molecule has 6 heteroatoms. The normalized spacial score (nSPS) is 10.9. The third-order valence-electron chi connectivity index (χ3n) is 3.11. The van der Waals surface area contributed by atoms with Crippen LogP contribution >= 0.6 is 15.9 Å². The van der Waals surface area contributed by atoms with Crippen molar-refractivity contribution in [2.24, 2.45) is 0 Å². The minimum atomic E-state index is 0.519. The average Bonchev–Trinajstić information content (AvgIpc) is 2.78. The van der Waals surface area contributed by atoms with Gasteiger partial charge in [0.25, 0.3) is 0 Å². The summed E-state index contributed by atoms with van der Waals surface area (Å²) in [5.41, 5.74) is 7.64. The quantitative estimate of drug-likeness (QED) is 0.800. The zero-order valence-corrected chi connectivity index (χ0v) is 12.5. The molecular formula is C14H13BrN4O. The van der Waals surface area contributed by atoms with E-state index in [0.29, 0.717) is 12.4 Å². The van der Waals surface area contributed by atoms with Gasteiger partial charge in [-0.05, 0) is 28.1 Å². The largest absolute Gasteiger partial charge is 0.494 e. The van der Waals surface area contributed by atoms with Crippen LogP contribution in [0.3, 0.4) is 0 Å². The second-order valence-electron chi connectivity index (χ2n) is 4.37. The predicted octanol–water partition coefficient (Wildman–Crippen LogP) is 2.83. The van der Waals surface area contributed by atoms with Crippen LogP contribution in [0.5, 0.6) is 5.75 Å². The summed E-state index contributed by atoms with van der Waals surface area (Å²) in [6.07, 6.45) is 1.68. The summed E-state index contributed by atoms with van der Waals surface area (Å²) in [7, 11) is 1.64. The van der Waals surface area contributed by atoms with Crippen molar-refractivity contribution in [1.82, 2.24) is 14.8 Å². The second kappa shape index (κ2) is 5.13. The molecule has 0 saturated carbocycles. The molecule has 0 unspecified atom stereocenters. The van der Waals surface area contributed by atoms with Crippen molar-refractivity contribution in [2.45, 2.75) is 6.54 Å². The Hall–Kier alpha value is -2.08. The van der Waals surface area contributed by atoms with E-state index < -0.39 is 0 Å².